The van der Waals surface area contributed by atoms with Crippen molar-refractivity contribution in [1.29, 1.82) is 0 Å². The third-order valence-electron chi connectivity index (χ3n) is 4.96. The van der Waals surface area contributed by atoms with Crippen LogP contribution in [0.4, 0.5) is 5.69 Å². The summed E-state index contributed by atoms with van der Waals surface area (Å²) < 4.78 is 37.7. The van der Waals surface area contributed by atoms with Crippen molar-refractivity contribution < 1.29 is 22.7 Å². The van der Waals surface area contributed by atoms with Gasteiger partial charge in [-0.3, -0.25) is 9.10 Å². The normalized spacial score (nSPS) is 15.9. The van der Waals surface area contributed by atoms with Crippen LogP contribution in [0.2, 0.25) is 0 Å². The van der Waals surface area contributed by atoms with Gasteiger partial charge in [-0.1, -0.05) is 24.3 Å². The molecule has 1 N–H and O–H groups in total. The van der Waals surface area contributed by atoms with E-state index >= 15 is 0 Å². The molecule has 168 valence electrons. The Morgan fingerprint density at radius 1 is 1.19 bits per heavy atom. The smallest absolute Gasteiger partial charge is 0.263 e. The number of carbonyl (C=O) groups excluding carboxylic acids is 1. The molecule has 0 spiro atoms. The summed E-state index contributed by atoms with van der Waals surface area (Å²) in [5.74, 6) is 0.880. The third-order valence-corrected chi connectivity index (χ3v) is 6.71. The fourth-order valence-electron chi connectivity index (χ4n) is 3.38. The average Bonchev–Trinajstić information content (AvgIpc) is 2.76. The predicted octanol–water partition coefficient (Wildman–Crippen LogP) is 3.14. The number of hydrogen-bond acceptors (Lipinski definition) is 5. The van der Waals surface area contributed by atoms with Crippen LogP contribution in [0.5, 0.6) is 11.5 Å². The van der Waals surface area contributed by atoms with Crippen molar-refractivity contribution in [2.75, 3.05) is 23.1 Å². The van der Waals surface area contributed by atoms with E-state index in [9.17, 15) is 13.2 Å². The maximum absolute atomic E-state index is 12.7. The van der Waals surface area contributed by atoms with Crippen molar-refractivity contribution in [3.05, 3.63) is 54.1 Å². The molecular weight excluding hydrogens is 416 g/mol. The summed E-state index contributed by atoms with van der Waals surface area (Å²) in [5, 5.41) is 2.87. The molecule has 2 aromatic rings. The number of para-hydroxylation sites is 2. The molecule has 0 saturated carbocycles. The zero-order valence-corrected chi connectivity index (χ0v) is 19.0. The lowest BCUT2D eigenvalue weighted by Gasteiger charge is -2.34. The SMILES string of the molecule is CCS(=O)(=O)N1C[C@H](C(=O)NCCCc2ccc(OC(C)C)cc2)Oc2ccccc21. The Labute approximate surface area is 184 Å². The van der Waals surface area contributed by atoms with Crippen LogP contribution in [-0.4, -0.2) is 45.4 Å². The van der Waals surface area contributed by atoms with Gasteiger partial charge in [0.25, 0.3) is 5.91 Å². The summed E-state index contributed by atoms with van der Waals surface area (Å²) in [6.45, 7) is 6.01. The summed E-state index contributed by atoms with van der Waals surface area (Å²) in [5.41, 5.74) is 1.63. The van der Waals surface area contributed by atoms with Gasteiger partial charge in [0.2, 0.25) is 10.0 Å². The molecule has 1 atom stereocenters. The minimum Gasteiger partial charge on any atom is -0.491 e. The molecule has 1 aliphatic heterocycles. The first-order valence-corrected chi connectivity index (χ1v) is 12.2. The van der Waals surface area contributed by atoms with Gasteiger partial charge in [-0.05, 0) is 63.4 Å². The maximum Gasteiger partial charge on any atom is 0.263 e. The van der Waals surface area contributed by atoms with Gasteiger partial charge in [0.1, 0.15) is 11.5 Å². The third kappa shape index (κ3) is 5.91. The number of sulfonamides is 1. The largest absolute Gasteiger partial charge is 0.491 e. The Morgan fingerprint density at radius 3 is 2.58 bits per heavy atom. The Morgan fingerprint density at radius 2 is 1.90 bits per heavy atom. The number of benzene rings is 2. The summed E-state index contributed by atoms with van der Waals surface area (Å²) in [6, 6.07) is 14.8. The fraction of sp³-hybridized carbons (Fsp3) is 0.435. The molecule has 7 nitrogen and oxygen atoms in total. The van der Waals surface area contributed by atoms with E-state index in [1.165, 1.54) is 4.31 Å². The average molecular weight is 447 g/mol. The van der Waals surface area contributed by atoms with Crippen molar-refractivity contribution in [2.24, 2.45) is 0 Å². The second-order valence-electron chi connectivity index (χ2n) is 7.71. The topological polar surface area (TPSA) is 84.9 Å². The summed E-state index contributed by atoms with van der Waals surface area (Å²) in [4.78, 5) is 12.7. The number of amides is 1. The van der Waals surface area contributed by atoms with Crippen LogP contribution in [0, 0.1) is 0 Å². The Bertz CT molecular complexity index is 989. The quantitative estimate of drug-likeness (QED) is 0.598. The number of anilines is 1. The monoisotopic (exact) mass is 446 g/mol. The number of rotatable bonds is 9. The lowest BCUT2D eigenvalue weighted by molar-refractivity contribution is -0.127. The van der Waals surface area contributed by atoms with Gasteiger partial charge < -0.3 is 14.8 Å². The van der Waals surface area contributed by atoms with Gasteiger partial charge in [0.15, 0.2) is 6.10 Å². The van der Waals surface area contributed by atoms with E-state index in [0.717, 1.165) is 24.2 Å². The highest BCUT2D eigenvalue weighted by atomic mass is 32.2. The summed E-state index contributed by atoms with van der Waals surface area (Å²) in [7, 11) is -3.51. The molecule has 1 aliphatic rings. The van der Waals surface area contributed by atoms with Crippen LogP contribution in [0.3, 0.4) is 0 Å². The maximum atomic E-state index is 12.7. The molecular formula is C23H30N2O5S. The molecule has 0 unspecified atom stereocenters. The van der Waals surface area contributed by atoms with E-state index in [4.69, 9.17) is 9.47 Å². The van der Waals surface area contributed by atoms with Gasteiger partial charge >= 0.3 is 0 Å². The molecule has 2 aromatic carbocycles. The molecule has 0 bridgehead atoms. The Kier molecular flexibility index (Phi) is 7.43. The Balaban J connectivity index is 1.54. The fourth-order valence-corrected chi connectivity index (χ4v) is 4.51. The number of nitrogens with zero attached hydrogens (tertiary/aromatic N) is 1. The van der Waals surface area contributed by atoms with Gasteiger partial charge in [-0.15, -0.1) is 0 Å². The highest BCUT2D eigenvalue weighted by Crippen LogP contribution is 2.35. The Hall–Kier alpha value is -2.74. The molecule has 0 aromatic heterocycles. The molecule has 1 heterocycles. The van der Waals surface area contributed by atoms with Crippen molar-refractivity contribution in [2.45, 2.75) is 45.8 Å². The van der Waals surface area contributed by atoms with Crippen molar-refractivity contribution in [1.82, 2.24) is 5.32 Å². The first kappa shape index (κ1) is 22.9. The van der Waals surface area contributed by atoms with Crippen molar-refractivity contribution in [3.63, 3.8) is 0 Å². The van der Waals surface area contributed by atoms with E-state index in [-0.39, 0.29) is 24.3 Å². The highest BCUT2D eigenvalue weighted by Gasteiger charge is 2.35. The van der Waals surface area contributed by atoms with Crippen LogP contribution in [-0.2, 0) is 21.2 Å². The second-order valence-corrected chi connectivity index (χ2v) is 9.89. The predicted molar refractivity (Wildman–Crippen MR) is 121 cm³/mol. The molecule has 3 rings (SSSR count). The number of aryl methyl sites for hydroxylation is 1. The van der Waals surface area contributed by atoms with E-state index in [1.54, 1.807) is 31.2 Å². The number of hydrogen-bond donors (Lipinski definition) is 1. The van der Waals surface area contributed by atoms with Crippen LogP contribution < -0.4 is 19.1 Å². The molecule has 0 saturated heterocycles. The molecule has 1 amide bonds. The van der Waals surface area contributed by atoms with E-state index in [2.05, 4.69) is 5.32 Å². The second kappa shape index (κ2) is 10.0. The molecule has 8 heteroatoms. The highest BCUT2D eigenvalue weighted by molar-refractivity contribution is 7.92. The van der Waals surface area contributed by atoms with E-state index in [1.807, 2.05) is 38.1 Å². The zero-order chi connectivity index (χ0) is 22.4. The van der Waals surface area contributed by atoms with Gasteiger partial charge in [-0.2, -0.15) is 0 Å². The molecule has 0 aliphatic carbocycles. The van der Waals surface area contributed by atoms with Gasteiger partial charge in [-0.25, -0.2) is 8.42 Å². The molecule has 31 heavy (non-hydrogen) atoms. The van der Waals surface area contributed by atoms with Crippen LogP contribution in [0.15, 0.2) is 48.5 Å². The first-order chi connectivity index (χ1) is 14.8. The minimum atomic E-state index is -3.51. The summed E-state index contributed by atoms with van der Waals surface area (Å²) in [6.07, 6.45) is 0.825. The number of carbonyl (C=O) groups is 1. The number of ether oxygens (including phenoxy) is 2. The standard InChI is InChI=1S/C23H30N2O5S/c1-4-31(27,28)25-16-22(30-21-10-6-5-9-20(21)25)23(26)24-15-7-8-18-11-13-19(14-12-18)29-17(2)3/h5-6,9-14,17,22H,4,7-8,15-16H2,1-3H3,(H,24,26)/t22-/m1/s1. The van der Waals surface area contributed by atoms with E-state index < -0.39 is 16.1 Å². The van der Waals surface area contributed by atoms with E-state index in [0.29, 0.717) is 18.0 Å². The van der Waals surface area contributed by atoms with Crippen LogP contribution in [0.25, 0.3) is 0 Å². The zero-order valence-electron chi connectivity index (χ0n) is 18.2. The lowest BCUT2D eigenvalue weighted by Crippen LogP contribution is -2.51. The molecule has 0 radical (unpaired) electrons. The summed E-state index contributed by atoms with van der Waals surface area (Å²) >= 11 is 0. The number of fused-ring (bicyclic) bond motifs is 1. The molecule has 0 fully saturated rings. The van der Waals surface area contributed by atoms with Gasteiger partial charge in [0, 0.05) is 6.54 Å². The first-order valence-electron chi connectivity index (χ1n) is 10.6. The van der Waals surface area contributed by atoms with Crippen molar-refractivity contribution in [3.8, 4) is 11.5 Å². The lowest BCUT2D eigenvalue weighted by atomic mass is 10.1. The number of nitrogens with one attached hydrogen (secondary N) is 1. The van der Waals surface area contributed by atoms with Crippen molar-refractivity contribution >= 4 is 21.6 Å². The minimum absolute atomic E-state index is 0.0314. The van der Waals surface area contributed by atoms with Gasteiger partial charge in [0.05, 0.1) is 24.1 Å². The van der Waals surface area contributed by atoms with Crippen LogP contribution >= 0.6 is 0 Å². The van der Waals surface area contributed by atoms with Crippen LogP contribution in [0.1, 0.15) is 32.8 Å².